The van der Waals surface area contributed by atoms with Crippen molar-refractivity contribution in [2.24, 2.45) is 11.8 Å². The van der Waals surface area contributed by atoms with E-state index in [0.717, 1.165) is 35.8 Å². The van der Waals surface area contributed by atoms with Crippen molar-refractivity contribution in [1.82, 2.24) is 0 Å². The van der Waals surface area contributed by atoms with Crippen LogP contribution in [-0.2, 0) is 12.8 Å². The molecule has 2 aromatic rings. The van der Waals surface area contributed by atoms with Crippen molar-refractivity contribution in [3.63, 3.8) is 0 Å². The van der Waals surface area contributed by atoms with Crippen molar-refractivity contribution in [2.75, 3.05) is 0 Å². The molecule has 0 bridgehead atoms. The molecule has 0 N–H and O–H groups in total. The summed E-state index contributed by atoms with van der Waals surface area (Å²) in [6.07, 6.45) is 14.7. The molecule has 0 nitrogen and oxygen atoms in total. The maximum Gasteiger partial charge on any atom is 0.131 e. The number of aryl methyl sites for hydroxylation is 2. The van der Waals surface area contributed by atoms with Gasteiger partial charge in [-0.05, 0) is 53.9 Å². The smallest absolute Gasteiger partial charge is 0.131 e. The lowest BCUT2D eigenvalue weighted by Crippen LogP contribution is -2.15. The van der Waals surface area contributed by atoms with Crippen LogP contribution in [0.1, 0.15) is 82.8 Å². The molecule has 0 radical (unpaired) electrons. The minimum Gasteiger partial charge on any atom is -0.206 e. The molecule has 0 amide bonds. The van der Waals surface area contributed by atoms with Gasteiger partial charge in [0.1, 0.15) is 5.82 Å². The van der Waals surface area contributed by atoms with Crippen molar-refractivity contribution in [1.29, 1.82) is 0 Å². The molecule has 3 rings (SSSR count). The van der Waals surface area contributed by atoms with E-state index >= 15 is 0 Å². The van der Waals surface area contributed by atoms with Gasteiger partial charge in [-0.15, -0.1) is 0 Å². The number of benzene rings is 2. The summed E-state index contributed by atoms with van der Waals surface area (Å²) in [4.78, 5) is 0. The Balaban J connectivity index is 1.46. The van der Waals surface area contributed by atoms with Crippen molar-refractivity contribution in [3.8, 4) is 11.1 Å². The highest BCUT2D eigenvalue weighted by atomic mass is 19.1. The lowest BCUT2D eigenvalue weighted by Gasteiger charge is -2.28. The normalized spacial score (nSPS) is 19.7. The van der Waals surface area contributed by atoms with Crippen molar-refractivity contribution >= 4 is 0 Å². The van der Waals surface area contributed by atoms with Crippen molar-refractivity contribution in [3.05, 3.63) is 59.4 Å². The molecule has 0 aliphatic heterocycles. The van der Waals surface area contributed by atoms with Gasteiger partial charge in [0.25, 0.3) is 0 Å². The van der Waals surface area contributed by atoms with Gasteiger partial charge >= 0.3 is 0 Å². The van der Waals surface area contributed by atoms with Crippen LogP contribution in [0.5, 0.6) is 0 Å². The lowest BCUT2D eigenvalue weighted by molar-refractivity contribution is 0.249. The van der Waals surface area contributed by atoms with Gasteiger partial charge in [-0.25, -0.2) is 4.39 Å². The second-order valence-corrected chi connectivity index (χ2v) is 8.79. The van der Waals surface area contributed by atoms with E-state index in [4.69, 9.17) is 0 Å². The van der Waals surface area contributed by atoms with Crippen LogP contribution in [0.4, 0.5) is 4.39 Å². The Morgan fingerprint density at radius 1 is 0.786 bits per heavy atom. The van der Waals surface area contributed by atoms with Crippen LogP contribution in [-0.4, -0.2) is 0 Å². The van der Waals surface area contributed by atoms with E-state index in [-0.39, 0.29) is 5.82 Å². The van der Waals surface area contributed by atoms with Crippen LogP contribution in [0.25, 0.3) is 11.1 Å². The van der Waals surface area contributed by atoms with Crippen LogP contribution >= 0.6 is 0 Å². The van der Waals surface area contributed by atoms with Gasteiger partial charge in [0.15, 0.2) is 0 Å². The summed E-state index contributed by atoms with van der Waals surface area (Å²) in [6, 6.07) is 14.2. The molecule has 1 fully saturated rings. The zero-order valence-electron chi connectivity index (χ0n) is 17.9. The van der Waals surface area contributed by atoms with Crippen LogP contribution in [0, 0.1) is 17.7 Å². The van der Waals surface area contributed by atoms with Crippen LogP contribution in [0.15, 0.2) is 42.5 Å². The lowest BCUT2D eigenvalue weighted by atomic mass is 9.78. The van der Waals surface area contributed by atoms with Crippen molar-refractivity contribution < 1.29 is 4.39 Å². The summed E-state index contributed by atoms with van der Waals surface area (Å²) < 4.78 is 14.3. The van der Waals surface area contributed by atoms with E-state index in [1.165, 1.54) is 63.4 Å². The van der Waals surface area contributed by atoms with E-state index in [2.05, 4.69) is 38.1 Å². The molecule has 0 heterocycles. The largest absolute Gasteiger partial charge is 0.206 e. The molecule has 0 saturated heterocycles. The Morgan fingerprint density at radius 2 is 1.43 bits per heavy atom. The highest BCUT2D eigenvalue weighted by Crippen LogP contribution is 2.34. The fraction of sp³-hybridized carbons (Fsp3) is 0.556. The minimum atomic E-state index is -0.109. The summed E-state index contributed by atoms with van der Waals surface area (Å²) in [5.41, 5.74) is 4.14. The Kier molecular flexibility index (Phi) is 8.13. The average molecular weight is 381 g/mol. The van der Waals surface area contributed by atoms with Gasteiger partial charge in [-0.3, -0.25) is 0 Å². The van der Waals surface area contributed by atoms with Crippen LogP contribution < -0.4 is 0 Å². The fourth-order valence-electron chi connectivity index (χ4n) is 4.73. The standard InChI is InChI=1S/C27H37F/c1-3-5-6-7-22-8-10-23(11-9-22)12-13-24-14-17-25(18-15-24)26-19-16-21(4-2)20-27(26)28/h14-20,22-23H,3-13H2,1-2H3. The molecule has 1 heteroatoms. The first-order chi connectivity index (χ1) is 13.7. The van der Waals surface area contributed by atoms with Crippen LogP contribution in [0.2, 0.25) is 0 Å². The molecule has 0 aromatic heterocycles. The van der Waals surface area contributed by atoms with E-state index < -0.39 is 0 Å². The number of halogens is 1. The highest BCUT2D eigenvalue weighted by Gasteiger charge is 2.20. The Labute approximate surface area is 171 Å². The SMILES string of the molecule is CCCCCC1CCC(CCc2ccc(-c3ccc(CC)cc3F)cc2)CC1. The third kappa shape index (κ3) is 5.93. The summed E-state index contributed by atoms with van der Waals surface area (Å²) in [5.74, 6) is 1.79. The zero-order valence-corrected chi connectivity index (χ0v) is 17.9. The number of rotatable bonds is 9. The summed E-state index contributed by atoms with van der Waals surface area (Å²) in [5, 5.41) is 0. The second-order valence-electron chi connectivity index (χ2n) is 8.79. The summed E-state index contributed by atoms with van der Waals surface area (Å²) in [7, 11) is 0. The second kappa shape index (κ2) is 10.8. The van der Waals surface area contributed by atoms with Gasteiger partial charge in [-0.2, -0.15) is 0 Å². The van der Waals surface area contributed by atoms with Gasteiger partial charge in [0.2, 0.25) is 0 Å². The molecular formula is C27H37F. The topological polar surface area (TPSA) is 0 Å². The predicted molar refractivity (Wildman–Crippen MR) is 119 cm³/mol. The number of unbranched alkanes of at least 4 members (excludes halogenated alkanes) is 2. The van der Waals surface area contributed by atoms with Crippen LogP contribution in [0.3, 0.4) is 0 Å². The van der Waals surface area contributed by atoms with E-state index in [0.29, 0.717) is 5.56 Å². The molecule has 1 aliphatic rings. The van der Waals surface area contributed by atoms with Crippen molar-refractivity contribution in [2.45, 2.75) is 84.5 Å². The first kappa shape index (κ1) is 21.1. The number of hydrogen-bond donors (Lipinski definition) is 0. The predicted octanol–water partition coefficient (Wildman–Crippen LogP) is 8.37. The maximum atomic E-state index is 14.3. The Hall–Kier alpha value is -1.63. The summed E-state index contributed by atoms with van der Waals surface area (Å²) >= 11 is 0. The first-order valence-electron chi connectivity index (χ1n) is 11.6. The molecule has 0 atom stereocenters. The average Bonchev–Trinajstić information content (AvgIpc) is 2.74. The monoisotopic (exact) mass is 380 g/mol. The van der Waals surface area contributed by atoms with E-state index in [9.17, 15) is 4.39 Å². The third-order valence-electron chi connectivity index (χ3n) is 6.73. The fourth-order valence-corrected chi connectivity index (χ4v) is 4.73. The molecule has 0 unspecified atom stereocenters. The van der Waals surface area contributed by atoms with Gasteiger partial charge < -0.3 is 0 Å². The summed E-state index contributed by atoms with van der Waals surface area (Å²) in [6.45, 7) is 4.35. The van der Waals surface area contributed by atoms with Gasteiger partial charge in [0, 0.05) is 5.56 Å². The van der Waals surface area contributed by atoms with E-state index in [1.807, 2.05) is 12.1 Å². The molecule has 0 spiro atoms. The highest BCUT2D eigenvalue weighted by molar-refractivity contribution is 5.64. The first-order valence-corrected chi connectivity index (χ1v) is 11.6. The zero-order chi connectivity index (χ0) is 19.8. The Morgan fingerprint density at radius 3 is 2.04 bits per heavy atom. The molecule has 1 aliphatic carbocycles. The molecule has 1 saturated carbocycles. The number of hydrogen-bond acceptors (Lipinski definition) is 0. The minimum absolute atomic E-state index is 0.109. The molecule has 2 aromatic carbocycles. The molecule has 152 valence electrons. The maximum absolute atomic E-state index is 14.3. The molecule has 28 heavy (non-hydrogen) atoms. The third-order valence-corrected chi connectivity index (χ3v) is 6.73. The Bertz CT molecular complexity index is 708. The van der Waals surface area contributed by atoms with E-state index in [1.54, 1.807) is 6.07 Å². The quantitative estimate of drug-likeness (QED) is 0.383. The van der Waals surface area contributed by atoms with Gasteiger partial charge in [0.05, 0.1) is 0 Å². The van der Waals surface area contributed by atoms with Gasteiger partial charge in [-0.1, -0.05) is 102 Å². The molecular weight excluding hydrogens is 343 g/mol.